The van der Waals surface area contributed by atoms with Gasteiger partial charge in [0.2, 0.25) is 0 Å². The van der Waals surface area contributed by atoms with Crippen LogP contribution < -0.4 is 10.2 Å². The molecule has 0 radical (unpaired) electrons. The van der Waals surface area contributed by atoms with Gasteiger partial charge in [0.15, 0.2) is 0 Å². The van der Waals surface area contributed by atoms with E-state index in [2.05, 4.69) is 11.4 Å². The highest BCUT2D eigenvalue weighted by Gasteiger charge is 2.27. The van der Waals surface area contributed by atoms with Crippen molar-refractivity contribution in [1.82, 2.24) is 4.90 Å². The van der Waals surface area contributed by atoms with Gasteiger partial charge in [-0.1, -0.05) is 42.0 Å². The van der Waals surface area contributed by atoms with Crippen LogP contribution in [-0.2, 0) is 6.54 Å². The van der Waals surface area contributed by atoms with Gasteiger partial charge in [0.25, 0.3) is 5.91 Å². The number of hydrogen-bond donors (Lipinski definition) is 1. The number of nitrogens with one attached hydrogen (secondary N) is 1. The van der Waals surface area contributed by atoms with Crippen molar-refractivity contribution in [2.45, 2.75) is 19.9 Å². The summed E-state index contributed by atoms with van der Waals surface area (Å²) in [6.45, 7) is 3.88. The number of anilines is 2. The van der Waals surface area contributed by atoms with Gasteiger partial charge in [0.05, 0.1) is 0 Å². The molecule has 0 atom stereocenters. The van der Waals surface area contributed by atoms with Gasteiger partial charge in [-0.3, -0.25) is 9.69 Å². The summed E-state index contributed by atoms with van der Waals surface area (Å²) in [5.74, 6) is -0.771. The normalized spacial score (nSPS) is 13.9. The van der Waals surface area contributed by atoms with Crippen molar-refractivity contribution in [3.8, 4) is 0 Å². The van der Waals surface area contributed by atoms with Gasteiger partial charge in [-0.2, -0.15) is 0 Å². The first-order valence-electron chi connectivity index (χ1n) is 10.3. The third-order valence-corrected chi connectivity index (χ3v) is 5.27. The van der Waals surface area contributed by atoms with Crippen LogP contribution in [0.2, 0.25) is 0 Å². The monoisotopic (exact) mass is 417 g/mol. The molecule has 1 heterocycles. The maximum absolute atomic E-state index is 13.4. The van der Waals surface area contributed by atoms with E-state index in [1.54, 1.807) is 29.2 Å². The predicted molar refractivity (Wildman–Crippen MR) is 120 cm³/mol. The minimum absolute atomic E-state index is 0.0737. The van der Waals surface area contributed by atoms with Crippen LogP contribution in [0.3, 0.4) is 0 Å². The molecular formula is C25H24FN3O2. The van der Waals surface area contributed by atoms with Crippen molar-refractivity contribution in [2.24, 2.45) is 0 Å². The molecule has 158 valence electrons. The molecule has 0 bridgehead atoms. The van der Waals surface area contributed by atoms with Crippen molar-refractivity contribution in [1.29, 1.82) is 0 Å². The first kappa shape index (κ1) is 20.6. The van der Waals surface area contributed by atoms with E-state index in [-0.39, 0.29) is 11.9 Å². The molecule has 31 heavy (non-hydrogen) atoms. The summed E-state index contributed by atoms with van der Waals surface area (Å²) in [6, 6.07) is 20.8. The van der Waals surface area contributed by atoms with E-state index < -0.39 is 5.82 Å². The van der Waals surface area contributed by atoms with Gasteiger partial charge < -0.3 is 10.2 Å². The molecule has 6 heteroatoms. The number of amides is 3. The molecule has 1 N–H and O–H groups in total. The smallest absolute Gasteiger partial charge is 0.322 e. The zero-order chi connectivity index (χ0) is 21.8. The Bertz CT molecular complexity index is 1120. The maximum atomic E-state index is 13.4. The SMILES string of the molecule is Cc1cccc(CN2CCCN(c3cccc(C(=O)Nc4cccc(F)c4)c3)C2=O)c1. The van der Waals surface area contributed by atoms with E-state index in [1.807, 2.05) is 36.1 Å². The Hall–Kier alpha value is -3.67. The first-order chi connectivity index (χ1) is 15.0. The summed E-state index contributed by atoms with van der Waals surface area (Å²) in [5.41, 5.74) is 3.72. The second-order valence-electron chi connectivity index (χ2n) is 7.71. The Kier molecular flexibility index (Phi) is 5.98. The van der Waals surface area contributed by atoms with E-state index in [1.165, 1.54) is 18.2 Å². The number of nitrogens with zero attached hydrogens (tertiary/aromatic N) is 2. The number of carbonyl (C=O) groups excluding carboxylic acids is 2. The minimum atomic E-state index is -0.417. The Morgan fingerprint density at radius 3 is 2.61 bits per heavy atom. The molecule has 3 amide bonds. The standard InChI is InChI=1S/C25H24FN3O2/c1-18-6-2-7-19(14-18)17-28-12-5-13-29(25(28)31)23-11-3-8-20(15-23)24(30)27-22-10-4-9-21(26)16-22/h2-4,6-11,14-16H,5,12-13,17H2,1H3,(H,27,30). The van der Waals surface area contributed by atoms with Crippen LogP contribution in [0.15, 0.2) is 72.8 Å². The Balaban J connectivity index is 1.49. The van der Waals surface area contributed by atoms with Gasteiger partial charge in [-0.15, -0.1) is 0 Å². The zero-order valence-corrected chi connectivity index (χ0v) is 17.3. The molecule has 1 fully saturated rings. The molecule has 1 saturated heterocycles. The van der Waals surface area contributed by atoms with Gasteiger partial charge in [0.1, 0.15) is 5.82 Å². The van der Waals surface area contributed by atoms with E-state index in [0.29, 0.717) is 36.6 Å². The molecular weight excluding hydrogens is 393 g/mol. The summed E-state index contributed by atoms with van der Waals surface area (Å²) in [5, 5.41) is 2.69. The lowest BCUT2D eigenvalue weighted by Gasteiger charge is -2.36. The molecule has 4 rings (SSSR count). The van der Waals surface area contributed by atoms with Crippen LogP contribution in [0.25, 0.3) is 0 Å². The van der Waals surface area contributed by atoms with E-state index in [0.717, 1.165) is 17.5 Å². The fourth-order valence-electron chi connectivity index (χ4n) is 3.78. The van der Waals surface area contributed by atoms with Crippen LogP contribution in [0.4, 0.5) is 20.6 Å². The van der Waals surface area contributed by atoms with Gasteiger partial charge in [0, 0.05) is 36.6 Å². The largest absolute Gasteiger partial charge is 0.324 e. The maximum Gasteiger partial charge on any atom is 0.324 e. The number of benzene rings is 3. The van der Waals surface area contributed by atoms with Crippen molar-refractivity contribution in [3.05, 3.63) is 95.3 Å². The van der Waals surface area contributed by atoms with Crippen molar-refractivity contribution < 1.29 is 14.0 Å². The lowest BCUT2D eigenvalue weighted by Crippen LogP contribution is -2.49. The Morgan fingerprint density at radius 1 is 1.00 bits per heavy atom. The lowest BCUT2D eigenvalue weighted by molar-refractivity contribution is 0.102. The van der Waals surface area contributed by atoms with Gasteiger partial charge >= 0.3 is 6.03 Å². The third kappa shape index (κ3) is 4.91. The van der Waals surface area contributed by atoms with Gasteiger partial charge in [-0.25, -0.2) is 9.18 Å². The quantitative estimate of drug-likeness (QED) is 0.619. The lowest BCUT2D eigenvalue weighted by atomic mass is 10.1. The third-order valence-electron chi connectivity index (χ3n) is 5.27. The summed E-state index contributed by atoms with van der Waals surface area (Å²) in [6.07, 6.45) is 0.845. The van der Waals surface area contributed by atoms with Gasteiger partial charge in [-0.05, 0) is 55.3 Å². The minimum Gasteiger partial charge on any atom is -0.322 e. The van der Waals surface area contributed by atoms with E-state index in [9.17, 15) is 14.0 Å². The summed E-state index contributed by atoms with van der Waals surface area (Å²) in [7, 11) is 0. The van der Waals surface area contributed by atoms with Crippen LogP contribution in [0.5, 0.6) is 0 Å². The average molecular weight is 417 g/mol. The first-order valence-corrected chi connectivity index (χ1v) is 10.3. The molecule has 0 saturated carbocycles. The summed E-state index contributed by atoms with van der Waals surface area (Å²) < 4.78 is 13.4. The van der Waals surface area contributed by atoms with Crippen molar-refractivity contribution in [3.63, 3.8) is 0 Å². The molecule has 0 aliphatic carbocycles. The second kappa shape index (κ2) is 9.00. The fourth-order valence-corrected chi connectivity index (χ4v) is 3.78. The molecule has 0 unspecified atom stereocenters. The van der Waals surface area contributed by atoms with Crippen molar-refractivity contribution >= 4 is 23.3 Å². The zero-order valence-electron chi connectivity index (χ0n) is 17.3. The number of carbonyl (C=O) groups is 2. The van der Waals surface area contributed by atoms with Crippen LogP contribution >= 0.6 is 0 Å². The number of halogens is 1. The van der Waals surface area contributed by atoms with Crippen LogP contribution in [0, 0.1) is 12.7 Å². The average Bonchev–Trinajstić information content (AvgIpc) is 2.75. The van der Waals surface area contributed by atoms with Crippen molar-refractivity contribution in [2.75, 3.05) is 23.3 Å². The Labute approximate surface area is 181 Å². The predicted octanol–water partition coefficient (Wildman–Crippen LogP) is 5.22. The molecule has 3 aromatic rings. The van der Waals surface area contributed by atoms with E-state index in [4.69, 9.17) is 0 Å². The number of aryl methyl sites for hydroxylation is 1. The van der Waals surface area contributed by atoms with Crippen LogP contribution in [-0.4, -0.2) is 29.9 Å². The number of rotatable bonds is 5. The number of hydrogen-bond acceptors (Lipinski definition) is 2. The molecule has 1 aliphatic heterocycles. The molecule has 0 aromatic heterocycles. The topological polar surface area (TPSA) is 52.6 Å². The van der Waals surface area contributed by atoms with E-state index >= 15 is 0 Å². The second-order valence-corrected chi connectivity index (χ2v) is 7.71. The fraction of sp³-hybridized carbons (Fsp3) is 0.200. The summed E-state index contributed by atoms with van der Waals surface area (Å²) >= 11 is 0. The highest BCUT2D eigenvalue weighted by molar-refractivity contribution is 6.05. The molecule has 0 spiro atoms. The highest BCUT2D eigenvalue weighted by atomic mass is 19.1. The summed E-state index contributed by atoms with van der Waals surface area (Å²) in [4.78, 5) is 29.3. The Morgan fingerprint density at radius 2 is 1.81 bits per heavy atom. The van der Waals surface area contributed by atoms with Crippen LogP contribution in [0.1, 0.15) is 27.9 Å². The highest BCUT2D eigenvalue weighted by Crippen LogP contribution is 2.23. The molecule has 1 aliphatic rings. The molecule has 3 aromatic carbocycles. The molecule has 5 nitrogen and oxygen atoms in total. The number of urea groups is 1.